The lowest BCUT2D eigenvalue weighted by atomic mass is 10.1. The Morgan fingerprint density at radius 3 is 2.85 bits per heavy atom. The van der Waals surface area contributed by atoms with E-state index in [0.29, 0.717) is 16.9 Å². The number of aromatic nitrogens is 5. The predicted octanol–water partition coefficient (Wildman–Crippen LogP) is 2.23. The fraction of sp³-hybridized carbons (Fsp3) is 0.0526. The highest BCUT2D eigenvalue weighted by Gasteiger charge is 2.25. The van der Waals surface area contributed by atoms with Gasteiger partial charge in [0.05, 0.1) is 18.2 Å². The summed E-state index contributed by atoms with van der Waals surface area (Å²) in [6.07, 6.45) is 1.22. The number of amides is 1. The number of nitrogens with one attached hydrogen (secondary N) is 1. The number of nitrogens with two attached hydrogens (primary N) is 1. The number of carbonyl (C=O) groups is 1. The number of carbonyl (C=O) groups excluding carboxylic acids is 1. The molecule has 0 saturated carbocycles. The van der Waals surface area contributed by atoms with Crippen LogP contribution >= 0.6 is 11.6 Å². The number of nitro groups is 1. The van der Waals surface area contributed by atoms with E-state index in [2.05, 4.69) is 35.8 Å². The van der Waals surface area contributed by atoms with Crippen LogP contribution in [0, 0.1) is 10.1 Å². The molecular weight excluding hydrogens is 470 g/mol. The number of hydrogen-bond acceptors (Lipinski definition) is 11. The van der Waals surface area contributed by atoms with Gasteiger partial charge >= 0.3 is 0 Å². The zero-order valence-electron chi connectivity index (χ0n) is 17.2. The van der Waals surface area contributed by atoms with E-state index in [-0.39, 0.29) is 33.7 Å². The van der Waals surface area contributed by atoms with Gasteiger partial charge in [0.2, 0.25) is 11.6 Å². The second-order valence-corrected chi connectivity index (χ2v) is 6.98. The van der Waals surface area contributed by atoms with Crippen LogP contribution < -0.4 is 15.9 Å². The summed E-state index contributed by atoms with van der Waals surface area (Å²) in [7, 11) is 1.50. The van der Waals surface area contributed by atoms with Crippen molar-refractivity contribution in [2.24, 2.45) is 5.10 Å². The minimum absolute atomic E-state index is 0.0210. The number of rotatable bonds is 7. The molecule has 0 fully saturated rings. The minimum atomic E-state index is -0.723. The van der Waals surface area contributed by atoms with Crippen LogP contribution in [0.1, 0.15) is 16.1 Å². The van der Waals surface area contributed by atoms with Crippen LogP contribution in [0.15, 0.2) is 52.2 Å². The number of anilines is 1. The lowest BCUT2D eigenvalue weighted by molar-refractivity contribution is -0.384. The summed E-state index contributed by atoms with van der Waals surface area (Å²) in [6.45, 7) is 0. The van der Waals surface area contributed by atoms with Gasteiger partial charge in [0.1, 0.15) is 16.5 Å². The van der Waals surface area contributed by atoms with Crippen LogP contribution in [0.25, 0.3) is 17.1 Å². The third kappa shape index (κ3) is 4.37. The van der Waals surface area contributed by atoms with Gasteiger partial charge in [-0.25, -0.2) is 10.1 Å². The van der Waals surface area contributed by atoms with Crippen molar-refractivity contribution in [2.75, 3.05) is 12.8 Å². The molecule has 1 amide bonds. The van der Waals surface area contributed by atoms with Crippen LogP contribution in [0.5, 0.6) is 5.75 Å². The maximum absolute atomic E-state index is 12.9. The van der Waals surface area contributed by atoms with Gasteiger partial charge in [0, 0.05) is 17.2 Å². The number of nitro benzene ring substituents is 1. The molecule has 0 unspecified atom stereocenters. The smallest absolute Gasteiger partial charge is 0.294 e. The van der Waals surface area contributed by atoms with E-state index >= 15 is 0 Å². The molecule has 0 saturated heterocycles. The Bertz CT molecular complexity index is 1410. The van der Waals surface area contributed by atoms with Crippen molar-refractivity contribution in [1.82, 2.24) is 30.7 Å². The molecule has 0 spiro atoms. The molecule has 172 valence electrons. The zero-order chi connectivity index (χ0) is 24.2. The number of benzene rings is 2. The highest BCUT2D eigenvalue weighted by Crippen LogP contribution is 2.29. The van der Waals surface area contributed by atoms with E-state index in [0.717, 1.165) is 0 Å². The monoisotopic (exact) mass is 483 g/mol. The molecule has 14 nitrogen and oxygen atoms in total. The molecule has 2 aromatic carbocycles. The molecule has 4 aromatic rings. The molecule has 0 atom stereocenters. The van der Waals surface area contributed by atoms with Crippen molar-refractivity contribution in [3.8, 4) is 22.8 Å². The first-order valence-electron chi connectivity index (χ1n) is 9.35. The van der Waals surface area contributed by atoms with Crippen molar-refractivity contribution in [3.05, 3.63) is 68.9 Å². The standard InChI is InChI=1S/C19H14ClN9O5/c1-33-12-4-2-3-11(8-12)16-15(23-27-28(16)18-17(21)25-34-26-18)19(30)24-22-9-10-5-6-13(20)14(7-10)29(31)32/h2-9H,1H3,(H2,21,25)(H,24,30)/b22-9-. The summed E-state index contributed by atoms with van der Waals surface area (Å²) in [6, 6.07) is 10.9. The minimum Gasteiger partial charge on any atom is -0.497 e. The van der Waals surface area contributed by atoms with Gasteiger partial charge in [0.25, 0.3) is 11.6 Å². The van der Waals surface area contributed by atoms with Crippen LogP contribution in [0.3, 0.4) is 0 Å². The SMILES string of the molecule is COc1cccc(-c2c(C(=O)N/N=C\c3ccc(Cl)c([N+](=O)[O-])c3)nnn2-c2nonc2N)c1. The van der Waals surface area contributed by atoms with Crippen molar-refractivity contribution < 1.29 is 19.1 Å². The van der Waals surface area contributed by atoms with E-state index in [1.165, 1.54) is 36.2 Å². The van der Waals surface area contributed by atoms with Crippen molar-refractivity contribution >= 4 is 35.2 Å². The molecule has 2 heterocycles. The number of methoxy groups -OCH3 is 1. The Hall–Kier alpha value is -4.85. The van der Waals surface area contributed by atoms with E-state index < -0.39 is 10.8 Å². The van der Waals surface area contributed by atoms with Crippen LogP contribution in [-0.2, 0) is 0 Å². The highest BCUT2D eigenvalue weighted by molar-refractivity contribution is 6.32. The lowest BCUT2D eigenvalue weighted by Gasteiger charge is -2.07. The van der Waals surface area contributed by atoms with E-state index in [4.69, 9.17) is 22.1 Å². The van der Waals surface area contributed by atoms with Crippen LogP contribution in [-0.4, -0.2) is 49.5 Å². The molecular formula is C19H14ClN9O5. The molecule has 3 N–H and O–H groups in total. The Morgan fingerprint density at radius 1 is 1.32 bits per heavy atom. The fourth-order valence-corrected chi connectivity index (χ4v) is 3.11. The average molecular weight is 484 g/mol. The van der Waals surface area contributed by atoms with Gasteiger partial charge < -0.3 is 10.5 Å². The Morgan fingerprint density at radius 2 is 2.15 bits per heavy atom. The van der Waals surface area contributed by atoms with Gasteiger partial charge in [-0.1, -0.05) is 35.0 Å². The number of hydrogen-bond donors (Lipinski definition) is 2. The molecule has 0 aliphatic heterocycles. The summed E-state index contributed by atoms with van der Waals surface area (Å²) in [5, 5.41) is 30.0. The van der Waals surface area contributed by atoms with Crippen molar-refractivity contribution in [3.63, 3.8) is 0 Å². The summed E-state index contributed by atoms with van der Waals surface area (Å²) in [4.78, 5) is 23.3. The molecule has 0 aliphatic carbocycles. The van der Waals surface area contributed by atoms with Gasteiger partial charge in [-0.3, -0.25) is 14.9 Å². The molecule has 15 heteroatoms. The Kier molecular flexibility index (Phi) is 6.13. The number of hydrazone groups is 1. The third-order valence-electron chi connectivity index (χ3n) is 4.47. The molecule has 2 aromatic heterocycles. The van der Waals surface area contributed by atoms with E-state index in [9.17, 15) is 14.9 Å². The first-order chi connectivity index (χ1) is 16.4. The zero-order valence-corrected chi connectivity index (χ0v) is 18.0. The quantitative estimate of drug-likeness (QED) is 0.224. The second kappa shape index (κ2) is 9.33. The number of nitrogens with zero attached hydrogens (tertiary/aromatic N) is 7. The fourth-order valence-electron chi connectivity index (χ4n) is 2.92. The van der Waals surface area contributed by atoms with Crippen LogP contribution in [0.4, 0.5) is 11.5 Å². The largest absolute Gasteiger partial charge is 0.497 e. The number of halogens is 1. The van der Waals surface area contributed by atoms with Gasteiger partial charge in [-0.15, -0.1) is 5.10 Å². The van der Waals surface area contributed by atoms with Gasteiger partial charge in [-0.2, -0.15) is 9.78 Å². The summed E-state index contributed by atoms with van der Waals surface area (Å²) in [5.41, 5.74) is 8.76. The van der Waals surface area contributed by atoms with Gasteiger partial charge in [-0.05, 0) is 28.5 Å². The molecule has 0 radical (unpaired) electrons. The predicted molar refractivity (Wildman–Crippen MR) is 119 cm³/mol. The van der Waals surface area contributed by atoms with E-state index in [1.54, 1.807) is 24.3 Å². The Balaban J connectivity index is 1.67. The Labute approximate surface area is 195 Å². The summed E-state index contributed by atoms with van der Waals surface area (Å²) >= 11 is 5.80. The van der Waals surface area contributed by atoms with Crippen LogP contribution in [0.2, 0.25) is 5.02 Å². The molecule has 34 heavy (non-hydrogen) atoms. The maximum Gasteiger partial charge on any atom is 0.294 e. The first kappa shape index (κ1) is 22.3. The molecule has 0 aliphatic rings. The van der Waals surface area contributed by atoms with E-state index in [1.807, 2.05) is 0 Å². The van der Waals surface area contributed by atoms with Crippen molar-refractivity contribution in [2.45, 2.75) is 0 Å². The number of nitrogen functional groups attached to an aromatic ring is 1. The first-order valence-corrected chi connectivity index (χ1v) is 9.72. The number of ether oxygens (including phenoxy) is 1. The maximum atomic E-state index is 12.9. The van der Waals surface area contributed by atoms with Gasteiger partial charge in [0.15, 0.2) is 5.69 Å². The molecule has 0 bridgehead atoms. The molecule has 4 rings (SSSR count). The second-order valence-electron chi connectivity index (χ2n) is 6.57. The summed E-state index contributed by atoms with van der Waals surface area (Å²) < 4.78 is 11.1. The third-order valence-corrected chi connectivity index (χ3v) is 4.79. The normalized spacial score (nSPS) is 11.0. The van der Waals surface area contributed by atoms with Crippen molar-refractivity contribution in [1.29, 1.82) is 0 Å². The topological polar surface area (TPSA) is 189 Å². The average Bonchev–Trinajstić information content (AvgIpc) is 3.45. The lowest BCUT2D eigenvalue weighted by Crippen LogP contribution is -2.19. The highest BCUT2D eigenvalue weighted by atomic mass is 35.5. The summed E-state index contributed by atoms with van der Waals surface area (Å²) in [5.74, 6) is -0.242.